The zero-order valence-electron chi connectivity index (χ0n) is 13.1. The third-order valence-electron chi connectivity index (χ3n) is 3.78. The van der Waals surface area contributed by atoms with E-state index in [1.807, 2.05) is 0 Å². The van der Waals surface area contributed by atoms with Crippen molar-refractivity contribution in [3.05, 3.63) is 78.1 Å². The summed E-state index contributed by atoms with van der Waals surface area (Å²) in [6.07, 6.45) is -6.23. The molecule has 2 aromatic carbocycles. The second-order valence-corrected chi connectivity index (χ2v) is 5.62. The van der Waals surface area contributed by atoms with Crippen LogP contribution in [0.4, 0.5) is 26.3 Å². The molecule has 1 heterocycles. The van der Waals surface area contributed by atoms with Gasteiger partial charge in [-0.15, -0.1) is 0 Å². The van der Waals surface area contributed by atoms with Crippen molar-refractivity contribution in [2.75, 3.05) is 0 Å². The second-order valence-electron chi connectivity index (χ2n) is 5.62. The lowest BCUT2D eigenvalue weighted by molar-refractivity contribution is -0.138. The van der Waals surface area contributed by atoms with Gasteiger partial charge in [-0.25, -0.2) is 0 Å². The van der Waals surface area contributed by atoms with Crippen molar-refractivity contribution in [3.8, 4) is 22.3 Å². The molecule has 134 valence electrons. The Morgan fingerprint density at radius 1 is 0.538 bits per heavy atom. The quantitative estimate of drug-likeness (QED) is 0.474. The molecule has 0 radical (unpaired) electrons. The van der Waals surface area contributed by atoms with Gasteiger partial charge >= 0.3 is 12.4 Å². The van der Waals surface area contributed by atoms with Gasteiger partial charge in [0.25, 0.3) is 0 Å². The lowest BCUT2D eigenvalue weighted by Gasteiger charge is -2.11. The van der Waals surface area contributed by atoms with E-state index in [-0.39, 0.29) is 11.1 Å². The number of rotatable bonds is 2. The van der Waals surface area contributed by atoms with Crippen LogP contribution in [0.1, 0.15) is 11.1 Å². The molecule has 0 spiro atoms. The summed E-state index contributed by atoms with van der Waals surface area (Å²) in [4.78, 5) is 3.96. The molecule has 7 heteroatoms. The number of hydrogen-bond acceptors (Lipinski definition) is 1. The van der Waals surface area contributed by atoms with Gasteiger partial charge in [-0.1, -0.05) is 24.3 Å². The van der Waals surface area contributed by atoms with E-state index >= 15 is 0 Å². The molecule has 0 N–H and O–H groups in total. The molecule has 0 aliphatic rings. The lowest BCUT2D eigenvalue weighted by atomic mass is 9.99. The Kier molecular flexibility index (Phi) is 4.48. The maximum absolute atomic E-state index is 12.9. The van der Waals surface area contributed by atoms with Crippen LogP contribution in [0.25, 0.3) is 22.3 Å². The van der Waals surface area contributed by atoms with Gasteiger partial charge in [-0.2, -0.15) is 26.3 Å². The molecule has 0 amide bonds. The molecule has 0 aliphatic heterocycles. The Bertz CT molecular complexity index is 855. The van der Waals surface area contributed by atoms with Crippen LogP contribution < -0.4 is 0 Å². The summed E-state index contributed by atoms with van der Waals surface area (Å²) in [7, 11) is 0. The summed E-state index contributed by atoms with van der Waals surface area (Å²) in [6.45, 7) is 0. The predicted octanol–water partition coefficient (Wildman–Crippen LogP) is 6.45. The van der Waals surface area contributed by atoms with Crippen molar-refractivity contribution in [1.82, 2.24) is 4.98 Å². The van der Waals surface area contributed by atoms with Crippen LogP contribution in [-0.2, 0) is 12.4 Å². The van der Waals surface area contributed by atoms with Gasteiger partial charge in [0.05, 0.1) is 11.1 Å². The average Bonchev–Trinajstić information content (AvgIpc) is 2.61. The predicted molar refractivity (Wildman–Crippen MR) is 85.1 cm³/mol. The fraction of sp³-hybridized carbons (Fsp3) is 0.105. The number of halogens is 6. The Morgan fingerprint density at radius 2 is 0.962 bits per heavy atom. The summed E-state index contributed by atoms with van der Waals surface area (Å²) < 4.78 is 77.2. The van der Waals surface area contributed by atoms with Crippen molar-refractivity contribution in [2.24, 2.45) is 0 Å². The van der Waals surface area contributed by atoms with Gasteiger partial charge in [-0.05, 0) is 41.5 Å². The first-order valence-corrected chi connectivity index (χ1v) is 7.45. The molecular formula is C19H11F6N. The second kappa shape index (κ2) is 6.48. The lowest BCUT2D eigenvalue weighted by Crippen LogP contribution is -2.04. The van der Waals surface area contributed by atoms with E-state index in [0.717, 1.165) is 24.3 Å². The average molecular weight is 367 g/mol. The van der Waals surface area contributed by atoms with E-state index in [0.29, 0.717) is 11.1 Å². The number of aromatic nitrogens is 1. The highest BCUT2D eigenvalue weighted by Crippen LogP contribution is 2.34. The maximum atomic E-state index is 12.9. The van der Waals surface area contributed by atoms with Crippen molar-refractivity contribution >= 4 is 0 Å². The van der Waals surface area contributed by atoms with Gasteiger partial charge in [0.2, 0.25) is 0 Å². The number of pyridine rings is 1. The fourth-order valence-electron chi connectivity index (χ4n) is 2.51. The van der Waals surface area contributed by atoms with Crippen molar-refractivity contribution in [2.45, 2.75) is 12.4 Å². The molecule has 0 unspecified atom stereocenters. The Labute approximate surface area is 144 Å². The monoisotopic (exact) mass is 367 g/mol. The van der Waals surface area contributed by atoms with E-state index in [1.165, 1.54) is 42.7 Å². The molecule has 0 aliphatic carbocycles. The molecule has 0 fully saturated rings. The van der Waals surface area contributed by atoms with Gasteiger partial charge in [0, 0.05) is 23.5 Å². The van der Waals surface area contributed by atoms with Crippen molar-refractivity contribution < 1.29 is 26.3 Å². The third-order valence-corrected chi connectivity index (χ3v) is 3.78. The Morgan fingerprint density at radius 3 is 1.35 bits per heavy atom. The van der Waals surface area contributed by atoms with Crippen LogP contribution in [-0.4, -0.2) is 4.98 Å². The minimum atomic E-state index is -4.48. The highest BCUT2D eigenvalue weighted by Gasteiger charge is 2.31. The molecule has 1 nitrogen and oxygen atoms in total. The van der Waals surface area contributed by atoms with E-state index in [1.54, 1.807) is 0 Å². The van der Waals surface area contributed by atoms with Crippen LogP contribution in [0.15, 0.2) is 67.0 Å². The van der Waals surface area contributed by atoms with E-state index < -0.39 is 23.5 Å². The van der Waals surface area contributed by atoms with Gasteiger partial charge < -0.3 is 0 Å². The standard InChI is InChI=1S/C19H11F6N/c20-18(21,22)16-5-1-3-12(8-16)14-7-15(11-26-10-14)13-4-2-6-17(9-13)19(23,24)25/h1-11H. The van der Waals surface area contributed by atoms with Crippen LogP contribution in [0, 0.1) is 0 Å². The number of benzene rings is 2. The molecule has 0 bridgehead atoms. The van der Waals surface area contributed by atoms with E-state index in [2.05, 4.69) is 4.98 Å². The Hall–Kier alpha value is -2.83. The SMILES string of the molecule is FC(F)(F)c1cccc(-c2cncc(-c3cccc(C(F)(F)F)c3)c2)c1. The maximum Gasteiger partial charge on any atom is 0.416 e. The summed E-state index contributed by atoms with van der Waals surface area (Å²) in [5, 5.41) is 0. The topological polar surface area (TPSA) is 12.9 Å². The number of alkyl halides is 6. The van der Waals surface area contributed by atoms with Crippen LogP contribution >= 0.6 is 0 Å². The van der Waals surface area contributed by atoms with Crippen molar-refractivity contribution in [3.63, 3.8) is 0 Å². The fourth-order valence-corrected chi connectivity index (χ4v) is 2.51. The largest absolute Gasteiger partial charge is 0.416 e. The molecule has 0 saturated carbocycles. The molecule has 0 atom stereocenters. The van der Waals surface area contributed by atoms with Gasteiger partial charge in [-0.3, -0.25) is 4.98 Å². The summed E-state index contributed by atoms with van der Waals surface area (Å²) in [5.41, 5.74) is -0.293. The van der Waals surface area contributed by atoms with Gasteiger partial charge in [0.15, 0.2) is 0 Å². The van der Waals surface area contributed by atoms with Gasteiger partial charge in [0.1, 0.15) is 0 Å². The first kappa shape index (κ1) is 18.0. The zero-order valence-corrected chi connectivity index (χ0v) is 13.1. The highest BCUT2D eigenvalue weighted by atomic mass is 19.4. The molecule has 0 saturated heterocycles. The van der Waals surface area contributed by atoms with Crippen molar-refractivity contribution in [1.29, 1.82) is 0 Å². The number of nitrogens with zero attached hydrogens (tertiary/aromatic N) is 1. The Balaban J connectivity index is 2.03. The van der Waals surface area contributed by atoms with E-state index in [4.69, 9.17) is 0 Å². The minimum Gasteiger partial charge on any atom is -0.263 e. The van der Waals surface area contributed by atoms with Crippen LogP contribution in [0.3, 0.4) is 0 Å². The van der Waals surface area contributed by atoms with Crippen LogP contribution in [0.5, 0.6) is 0 Å². The first-order chi connectivity index (χ1) is 12.1. The molecule has 1 aromatic heterocycles. The number of hydrogen-bond donors (Lipinski definition) is 0. The minimum absolute atomic E-state index is 0.279. The van der Waals surface area contributed by atoms with Crippen LogP contribution in [0.2, 0.25) is 0 Å². The normalized spacial score (nSPS) is 12.2. The van der Waals surface area contributed by atoms with E-state index in [9.17, 15) is 26.3 Å². The molecule has 26 heavy (non-hydrogen) atoms. The molecule has 3 aromatic rings. The summed E-state index contributed by atoms with van der Waals surface area (Å²) in [5.74, 6) is 0. The molecule has 3 rings (SSSR count). The third kappa shape index (κ3) is 3.87. The first-order valence-electron chi connectivity index (χ1n) is 7.45. The summed E-state index contributed by atoms with van der Waals surface area (Å²) >= 11 is 0. The zero-order chi connectivity index (χ0) is 18.9. The summed E-state index contributed by atoms with van der Waals surface area (Å²) in [6, 6.07) is 10.9. The molecular weight excluding hydrogens is 356 g/mol. The smallest absolute Gasteiger partial charge is 0.263 e. The highest BCUT2D eigenvalue weighted by molar-refractivity contribution is 5.72.